The van der Waals surface area contributed by atoms with Crippen molar-refractivity contribution in [1.29, 1.82) is 0 Å². The maximum absolute atomic E-state index is 13.8. The van der Waals surface area contributed by atoms with Crippen molar-refractivity contribution in [3.05, 3.63) is 58.3 Å². The lowest BCUT2D eigenvalue weighted by Gasteiger charge is -2.09. The fourth-order valence-corrected chi connectivity index (χ4v) is 2.55. The summed E-state index contributed by atoms with van der Waals surface area (Å²) in [6.45, 7) is 3.34. The molecule has 0 unspecified atom stereocenters. The highest BCUT2D eigenvalue weighted by atomic mass is 79.9. The van der Waals surface area contributed by atoms with Crippen LogP contribution in [0.2, 0.25) is 0 Å². The van der Waals surface area contributed by atoms with E-state index in [2.05, 4.69) is 37.1 Å². The van der Waals surface area contributed by atoms with Gasteiger partial charge in [-0.15, -0.1) is 0 Å². The van der Waals surface area contributed by atoms with Crippen LogP contribution in [-0.4, -0.2) is 36.6 Å². The summed E-state index contributed by atoms with van der Waals surface area (Å²) in [5.41, 5.74) is 2.76. The Morgan fingerprint density at radius 3 is 2.68 bits per heavy atom. The van der Waals surface area contributed by atoms with Gasteiger partial charge in [-0.05, 0) is 49.2 Å². The van der Waals surface area contributed by atoms with Gasteiger partial charge >= 0.3 is 11.8 Å². The quantitative estimate of drug-likeness (QED) is 0.299. The van der Waals surface area contributed by atoms with Crippen molar-refractivity contribution in [3.63, 3.8) is 0 Å². The molecule has 0 aliphatic heterocycles. The first-order valence-corrected chi connectivity index (χ1v) is 10.2. The van der Waals surface area contributed by atoms with E-state index in [1.165, 1.54) is 18.3 Å². The summed E-state index contributed by atoms with van der Waals surface area (Å²) in [5.74, 6) is -2.37. The Kier molecular flexibility index (Phi) is 9.13. The van der Waals surface area contributed by atoms with Gasteiger partial charge in [-0.2, -0.15) is 5.10 Å². The number of halogens is 2. The van der Waals surface area contributed by atoms with Gasteiger partial charge in [0.2, 0.25) is 0 Å². The number of nitrogens with zero attached hydrogens (tertiary/aromatic N) is 1. The number of nitrogens with one attached hydrogen (secondary N) is 3. The van der Waals surface area contributed by atoms with E-state index < -0.39 is 23.5 Å². The molecule has 2 aromatic carbocycles. The second kappa shape index (κ2) is 11.8. The topological polar surface area (TPSA) is 109 Å². The third kappa shape index (κ3) is 8.17. The molecule has 0 saturated carbocycles. The third-order valence-corrected chi connectivity index (χ3v) is 4.50. The third-order valence-electron chi connectivity index (χ3n) is 4.01. The van der Waals surface area contributed by atoms with Crippen LogP contribution in [0.1, 0.15) is 25.8 Å². The van der Waals surface area contributed by atoms with Crippen molar-refractivity contribution >= 4 is 45.6 Å². The smallest absolute Gasteiger partial charge is 0.329 e. The van der Waals surface area contributed by atoms with Crippen molar-refractivity contribution in [2.75, 3.05) is 11.9 Å². The van der Waals surface area contributed by atoms with Crippen molar-refractivity contribution in [3.8, 4) is 5.75 Å². The maximum atomic E-state index is 13.8. The summed E-state index contributed by atoms with van der Waals surface area (Å²) in [6, 6.07) is 10.7. The Morgan fingerprint density at radius 2 is 1.97 bits per heavy atom. The Morgan fingerprint density at radius 1 is 1.19 bits per heavy atom. The van der Waals surface area contributed by atoms with Gasteiger partial charge in [0.15, 0.2) is 6.61 Å². The number of carbonyl (C=O) groups excluding carboxylic acids is 3. The van der Waals surface area contributed by atoms with E-state index in [0.29, 0.717) is 22.2 Å². The van der Waals surface area contributed by atoms with Crippen molar-refractivity contribution in [2.45, 2.75) is 26.3 Å². The van der Waals surface area contributed by atoms with E-state index in [0.717, 1.165) is 0 Å². The molecule has 2 aromatic rings. The SMILES string of the molecule is CC[C@@H](C)NC(=O)C(=O)N/N=C\c1cccc(OCC(=O)Nc2ccc(Br)cc2F)c1. The number of hydrazone groups is 1. The summed E-state index contributed by atoms with van der Waals surface area (Å²) >= 11 is 3.14. The van der Waals surface area contributed by atoms with Crippen LogP contribution in [0.3, 0.4) is 0 Å². The summed E-state index contributed by atoms with van der Waals surface area (Å²) in [5, 5.41) is 8.69. The summed E-state index contributed by atoms with van der Waals surface area (Å²) in [6.07, 6.45) is 2.03. The predicted molar refractivity (Wildman–Crippen MR) is 118 cm³/mol. The van der Waals surface area contributed by atoms with E-state index >= 15 is 0 Å². The van der Waals surface area contributed by atoms with Crippen molar-refractivity contribution in [2.24, 2.45) is 5.10 Å². The molecule has 10 heteroatoms. The number of hydrogen-bond donors (Lipinski definition) is 3. The molecule has 3 N–H and O–H groups in total. The van der Waals surface area contributed by atoms with Crippen LogP contribution in [0.4, 0.5) is 10.1 Å². The van der Waals surface area contributed by atoms with Crippen LogP contribution in [0.15, 0.2) is 52.0 Å². The van der Waals surface area contributed by atoms with E-state index in [-0.39, 0.29) is 18.3 Å². The fourth-order valence-electron chi connectivity index (χ4n) is 2.22. The van der Waals surface area contributed by atoms with Gasteiger partial charge in [-0.25, -0.2) is 9.82 Å². The maximum Gasteiger partial charge on any atom is 0.329 e. The van der Waals surface area contributed by atoms with Crippen LogP contribution in [0.25, 0.3) is 0 Å². The van der Waals surface area contributed by atoms with Gasteiger partial charge in [0.05, 0.1) is 11.9 Å². The molecule has 0 aliphatic carbocycles. The molecule has 1 atom stereocenters. The number of rotatable bonds is 8. The lowest BCUT2D eigenvalue weighted by atomic mass is 10.2. The van der Waals surface area contributed by atoms with Crippen LogP contribution in [-0.2, 0) is 14.4 Å². The van der Waals surface area contributed by atoms with Gasteiger partial charge in [-0.1, -0.05) is 35.0 Å². The second-order valence-corrected chi connectivity index (χ2v) is 7.43. The number of amides is 3. The molecule has 8 nitrogen and oxygen atoms in total. The Hall–Kier alpha value is -3.27. The van der Waals surface area contributed by atoms with Gasteiger partial charge in [0.25, 0.3) is 5.91 Å². The molecular formula is C21H22BrFN4O4. The number of anilines is 1. The monoisotopic (exact) mass is 492 g/mol. The second-order valence-electron chi connectivity index (χ2n) is 6.52. The zero-order valence-corrected chi connectivity index (χ0v) is 18.5. The van der Waals surface area contributed by atoms with Gasteiger partial charge in [0, 0.05) is 10.5 Å². The molecule has 0 radical (unpaired) electrons. The minimum Gasteiger partial charge on any atom is -0.484 e. The van der Waals surface area contributed by atoms with Crippen LogP contribution in [0.5, 0.6) is 5.75 Å². The number of ether oxygens (including phenoxy) is 1. The van der Waals surface area contributed by atoms with E-state index in [4.69, 9.17) is 4.74 Å². The number of hydrogen-bond acceptors (Lipinski definition) is 5. The molecule has 0 spiro atoms. The molecule has 0 bridgehead atoms. The first-order chi connectivity index (χ1) is 14.8. The van der Waals surface area contributed by atoms with Crippen LogP contribution in [0, 0.1) is 5.82 Å². The highest BCUT2D eigenvalue weighted by molar-refractivity contribution is 9.10. The number of benzene rings is 2. The van der Waals surface area contributed by atoms with Crippen molar-refractivity contribution in [1.82, 2.24) is 10.7 Å². The number of carbonyl (C=O) groups is 3. The lowest BCUT2D eigenvalue weighted by molar-refractivity contribution is -0.139. The van der Waals surface area contributed by atoms with Crippen LogP contribution >= 0.6 is 15.9 Å². The highest BCUT2D eigenvalue weighted by Crippen LogP contribution is 2.19. The molecule has 0 aromatic heterocycles. The summed E-state index contributed by atoms with van der Waals surface area (Å²) < 4.78 is 19.7. The standard InChI is InChI=1S/C21H22BrFN4O4/c1-3-13(2)25-20(29)21(30)27-24-11-14-5-4-6-16(9-14)31-12-19(28)26-18-8-7-15(22)10-17(18)23/h4-11,13H,3,12H2,1-2H3,(H,25,29)(H,26,28)(H,27,30)/b24-11-/t13-/m1/s1. The molecule has 0 heterocycles. The first-order valence-electron chi connectivity index (χ1n) is 9.40. The van der Waals surface area contributed by atoms with E-state index in [1.807, 2.05) is 6.92 Å². The van der Waals surface area contributed by atoms with Crippen LogP contribution < -0.4 is 20.8 Å². The average molecular weight is 493 g/mol. The molecule has 0 aliphatic rings. The molecule has 31 heavy (non-hydrogen) atoms. The van der Waals surface area contributed by atoms with Gasteiger partial charge < -0.3 is 15.4 Å². The fraction of sp³-hybridized carbons (Fsp3) is 0.238. The van der Waals surface area contributed by atoms with Crippen molar-refractivity contribution < 1.29 is 23.5 Å². The molecule has 0 fully saturated rings. The zero-order chi connectivity index (χ0) is 22.8. The first kappa shape index (κ1) is 24.0. The van der Waals surface area contributed by atoms with E-state index in [1.54, 1.807) is 37.3 Å². The molecule has 164 valence electrons. The minimum absolute atomic E-state index is 0.0470. The highest BCUT2D eigenvalue weighted by Gasteiger charge is 2.14. The molecule has 0 saturated heterocycles. The lowest BCUT2D eigenvalue weighted by Crippen LogP contribution is -2.41. The Bertz CT molecular complexity index is 984. The predicted octanol–water partition coefficient (Wildman–Crippen LogP) is 2.97. The average Bonchev–Trinajstić information content (AvgIpc) is 2.74. The summed E-state index contributed by atoms with van der Waals surface area (Å²) in [7, 11) is 0. The molecular weight excluding hydrogens is 471 g/mol. The van der Waals surface area contributed by atoms with Gasteiger partial charge in [-0.3, -0.25) is 14.4 Å². The van der Waals surface area contributed by atoms with E-state index in [9.17, 15) is 18.8 Å². The summed E-state index contributed by atoms with van der Waals surface area (Å²) in [4.78, 5) is 35.3. The van der Waals surface area contributed by atoms with Gasteiger partial charge in [0.1, 0.15) is 11.6 Å². The largest absolute Gasteiger partial charge is 0.484 e. The zero-order valence-electron chi connectivity index (χ0n) is 16.9. The molecule has 3 amide bonds. The minimum atomic E-state index is -0.874. The normalized spacial score (nSPS) is 11.6. The molecule has 2 rings (SSSR count). The Balaban J connectivity index is 1.85. The Labute approximate surface area is 187 Å².